The molecular weight excluding hydrogens is 219 g/mol. The summed E-state index contributed by atoms with van der Waals surface area (Å²) in [5, 5.41) is 0.521. The molecule has 0 aliphatic carbocycles. The molecule has 1 aromatic carbocycles. The molecule has 1 aromatic rings. The van der Waals surface area contributed by atoms with Crippen molar-refractivity contribution in [2.45, 2.75) is 12.8 Å². The van der Waals surface area contributed by atoms with Gasteiger partial charge in [-0.1, -0.05) is 11.6 Å². The molecule has 0 saturated heterocycles. The molecule has 0 saturated carbocycles. The molecule has 84 valence electrons. The Morgan fingerprint density at radius 2 is 1.87 bits per heavy atom. The lowest BCUT2D eigenvalue weighted by Crippen LogP contribution is -1.95. The Labute approximate surface area is 94.0 Å². The summed E-state index contributed by atoms with van der Waals surface area (Å²) in [4.78, 5) is 0. The molecule has 0 radical (unpaired) electrons. The van der Waals surface area contributed by atoms with Crippen molar-refractivity contribution in [3.63, 3.8) is 0 Å². The zero-order valence-corrected chi connectivity index (χ0v) is 9.60. The van der Waals surface area contributed by atoms with Gasteiger partial charge in [0.1, 0.15) is 11.5 Å². The van der Waals surface area contributed by atoms with Crippen molar-refractivity contribution in [1.29, 1.82) is 0 Å². The fourth-order valence-electron chi connectivity index (χ4n) is 1.38. The molecule has 0 aliphatic rings. The Balaban J connectivity index is 2.98. The topological polar surface area (TPSA) is 18.5 Å². The van der Waals surface area contributed by atoms with Crippen LogP contribution in [0.2, 0.25) is 5.02 Å². The molecule has 0 atom stereocenters. The minimum atomic E-state index is -0.340. The zero-order valence-electron chi connectivity index (χ0n) is 8.85. The fourth-order valence-corrected chi connectivity index (χ4v) is 1.64. The van der Waals surface area contributed by atoms with E-state index in [0.29, 0.717) is 29.4 Å². The van der Waals surface area contributed by atoms with Gasteiger partial charge in [0.15, 0.2) is 0 Å². The highest BCUT2D eigenvalue weighted by Crippen LogP contribution is 2.33. The second-order valence-corrected chi connectivity index (χ2v) is 3.50. The van der Waals surface area contributed by atoms with Crippen LogP contribution in [0.4, 0.5) is 4.39 Å². The third kappa shape index (κ3) is 2.99. The summed E-state index contributed by atoms with van der Waals surface area (Å²) in [7, 11) is 3.11. The van der Waals surface area contributed by atoms with Crippen molar-refractivity contribution in [2.24, 2.45) is 0 Å². The highest BCUT2D eigenvalue weighted by atomic mass is 35.5. The van der Waals surface area contributed by atoms with Crippen molar-refractivity contribution >= 4 is 11.6 Å². The number of aryl methyl sites for hydroxylation is 1. The van der Waals surface area contributed by atoms with E-state index < -0.39 is 0 Å². The Kier molecular flexibility index (Phi) is 4.69. The average Bonchev–Trinajstić information content (AvgIpc) is 2.26. The quantitative estimate of drug-likeness (QED) is 0.776. The monoisotopic (exact) mass is 232 g/mol. The lowest BCUT2D eigenvalue weighted by atomic mass is 10.1. The van der Waals surface area contributed by atoms with E-state index in [-0.39, 0.29) is 6.67 Å². The molecule has 0 bridgehead atoms. The Morgan fingerprint density at radius 3 is 2.40 bits per heavy atom. The van der Waals surface area contributed by atoms with Crippen molar-refractivity contribution in [1.82, 2.24) is 0 Å². The van der Waals surface area contributed by atoms with E-state index in [1.807, 2.05) is 0 Å². The lowest BCUT2D eigenvalue weighted by molar-refractivity contribution is 0.389. The molecule has 0 aliphatic heterocycles. The molecule has 0 amide bonds. The van der Waals surface area contributed by atoms with Crippen LogP contribution in [0.5, 0.6) is 11.5 Å². The van der Waals surface area contributed by atoms with Crippen LogP contribution < -0.4 is 9.47 Å². The van der Waals surface area contributed by atoms with Crippen molar-refractivity contribution in [2.75, 3.05) is 20.9 Å². The summed E-state index contributed by atoms with van der Waals surface area (Å²) >= 11 is 5.96. The van der Waals surface area contributed by atoms with Gasteiger partial charge in [0.05, 0.1) is 25.9 Å². The molecule has 0 unspecified atom stereocenters. The zero-order chi connectivity index (χ0) is 11.3. The van der Waals surface area contributed by atoms with Gasteiger partial charge in [0.25, 0.3) is 0 Å². The van der Waals surface area contributed by atoms with Gasteiger partial charge in [-0.2, -0.15) is 0 Å². The normalized spacial score (nSPS) is 10.1. The van der Waals surface area contributed by atoms with Crippen LogP contribution in [0.25, 0.3) is 0 Å². The summed E-state index contributed by atoms with van der Waals surface area (Å²) in [5.41, 5.74) is 0.904. The first kappa shape index (κ1) is 12.1. The van der Waals surface area contributed by atoms with E-state index in [4.69, 9.17) is 21.1 Å². The Morgan fingerprint density at radius 1 is 1.20 bits per heavy atom. The number of alkyl halides is 1. The molecule has 15 heavy (non-hydrogen) atoms. The van der Waals surface area contributed by atoms with Gasteiger partial charge in [-0.15, -0.1) is 0 Å². The highest BCUT2D eigenvalue weighted by molar-refractivity contribution is 6.32. The van der Waals surface area contributed by atoms with Gasteiger partial charge in [0.2, 0.25) is 0 Å². The molecule has 0 spiro atoms. The van der Waals surface area contributed by atoms with Crippen LogP contribution in [-0.2, 0) is 6.42 Å². The average molecular weight is 233 g/mol. The van der Waals surface area contributed by atoms with E-state index in [9.17, 15) is 4.39 Å². The summed E-state index contributed by atoms with van der Waals surface area (Å²) in [6.07, 6.45) is 1.09. The van der Waals surface area contributed by atoms with Crippen LogP contribution in [0.1, 0.15) is 12.0 Å². The minimum Gasteiger partial charge on any atom is -0.496 e. The summed E-state index contributed by atoms with van der Waals surface area (Å²) < 4.78 is 22.3. The predicted molar refractivity (Wildman–Crippen MR) is 58.9 cm³/mol. The van der Waals surface area contributed by atoms with Crippen LogP contribution in [0.3, 0.4) is 0 Å². The van der Waals surface area contributed by atoms with Crippen LogP contribution in [-0.4, -0.2) is 20.9 Å². The first-order valence-electron chi connectivity index (χ1n) is 4.69. The Hall–Kier alpha value is -0.960. The Bertz CT molecular complexity index is 329. The lowest BCUT2D eigenvalue weighted by Gasteiger charge is -2.11. The van der Waals surface area contributed by atoms with Crippen LogP contribution >= 0.6 is 11.6 Å². The van der Waals surface area contributed by atoms with Gasteiger partial charge in [0, 0.05) is 6.07 Å². The largest absolute Gasteiger partial charge is 0.496 e. The maximum atomic E-state index is 12.1. The molecule has 0 heterocycles. The number of methoxy groups -OCH3 is 2. The second-order valence-electron chi connectivity index (χ2n) is 3.09. The number of hydrogen-bond donors (Lipinski definition) is 0. The third-order valence-corrected chi connectivity index (χ3v) is 2.43. The van der Waals surface area contributed by atoms with Gasteiger partial charge >= 0.3 is 0 Å². The van der Waals surface area contributed by atoms with Gasteiger partial charge < -0.3 is 9.47 Å². The first-order valence-corrected chi connectivity index (χ1v) is 5.07. The van der Waals surface area contributed by atoms with Crippen molar-refractivity contribution in [3.05, 3.63) is 22.7 Å². The van der Waals surface area contributed by atoms with Gasteiger partial charge in [-0.05, 0) is 24.5 Å². The van der Waals surface area contributed by atoms with Crippen molar-refractivity contribution < 1.29 is 13.9 Å². The van der Waals surface area contributed by atoms with E-state index in [2.05, 4.69) is 0 Å². The fraction of sp³-hybridized carbons (Fsp3) is 0.455. The maximum Gasteiger partial charge on any atom is 0.141 e. The van der Waals surface area contributed by atoms with E-state index in [0.717, 1.165) is 5.56 Å². The number of hydrogen-bond acceptors (Lipinski definition) is 2. The summed E-state index contributed by atoms with van der Waals surface area (Å²) in [6.45, 7) is -0.340. The smallest absolute Gasteiger partial charge is 0.141 e. The molecular formula is C11H14ClFO2. The minimum absolute atomic E-state index is 0.340. The van der Waals surface area contributed by atoms with Crippen molar-refractivity contribution in [3.8, 4) is 11.5 Å². The maximum absolute atomic E-state index is 12.1. The SMILES string of the molecule is COc1cc(OC)c(CCCF)cc1Cl. The van der Waals surface area contributed by atoms with E-state index in [1.165, 1.54) is 0 Å². The predicted octanol–water partition coefficient (Wildman–Crippen LogP) is 3.26. The summed E-state index contributed by atoms with van der Waals surface area (Å²) in [5.74, 6) is 1.25. The molecule has 1 rings (SSSR count). The molecule has 4 heteroatoms. The number of rotatable bonds is 5. The van der Waals surface area contributed by atoms with Crippen LogP contribution in [0.15, 0.2) is 12.1 Å². The standard InChI is InChI=1S/C11H14ClFO2/c1-14-10-7-11(15-2)9(12)6-8(10)4-3-5-13/h6-7H,3-5H2,1-2H3. The van der Waals surface area contributed by atoms with Gasteiger partial charge in [-0.3, -0.25) is 4.39 Å². The molecule has 0 aromatic heterocycles. The second kappa shape index (κ2) is 5.81. The third-order valence-electron chi connectivity index (χ3n) is 2.13. The molecule has 0 fully saturated rings. The van der Waals surface area contributed by atoms with Gasteiger partial charge in [-0.25, -0.2) is 0 Å². The number of ether oxygens (including phenoxy) is 2. The van der Waals surface area contributed by atoms with Crippen LogP contribution in [0, 0.1) is 0 Å². The highest BCUT2D eigenvalue weighted by Gasteiger charge is 2.09. The molecule has 0 N–H and O–H groups in total. The van der Waals surface area contributed by atoms with E-state index in [1.54, 1.807) is 26.4 Å². The summed E-state index contributed by atoms with van der Waals surface area (Å²) in [6, 6.07) is 3.48. The molecule has 2 nitrogen and oxygen atoms in total. The number of halogens is 2. The first-order chi connectivity index (χ1) is 7.22. The van der Waals surface area contributed by atoms with E-state index >= 15 is 0 Å². The number of benzene rings is 1.